The quantitative estimate of drug-likeness (QED) is 0.672. The molecule has 1 rings (SSSR count). The SMILES string of the molecule is CCC(NCCCOCc1ccco1)C(C)C. The molecule has 0 bridgehead atoms. The van der Waals surface area contributed by atoms with Gasteiger partial charge in [0.2, 0.25) is 0 Å². The molecule has 0 aliphatic carbocycles. The zero-order valence-electron chi connectivity index (χ0n) is 11.2. The molecule has 1 aromatic rings. The number of ether oxygens (including phenoxy) is 1. The van der Waals surface area contributed by atoms with Crippen molar-refractivity contribution >= 4 is 0 Å². The highest BCUT2D eigenvalue weighted by Crippen LogP contribution is 2.05. The van der Waals surface area contributed by atoms with Gasteiger partial charge in [-0.1, -0.05) is 20.8 Å². The molecule has 0 aromatic carbocycles. The number of nitrogens with one attached hydrogen (secondary N) is 1. The lowest BCUT2D eigenvalue weighted by Crippen LogP contribution is -2.34. The lowest BCUT2D eigenvalue weighted by atomic mass is 10.0. The first-order valence-electron chi connectivity index (χ1n) is 6.57. The van der Waals surface area contributed by atoms with Crippen LogP contribution in [-0.2, 0) is 11.3 Å². The van der Waals surface area contributed by atoms with Crippen molar-refractivity contribution in [1.82, 2.24) is 5.32 Å². The van der Waals surface area contributed by atoms with E-state index in [0.29, 0.717) is 18.6 Å². The zero-order valence-corrected chi connectivity index (χ0v) is 11.2. The highest BCUT2D eigenvalue weighted by atomic mass is 16.5. The summed E-state index contributed by atoms with van der Waals surface area (Å²) in [7, 11) is 0. The molecular formula is C14H25NO2. The second-order valence-corrected chi connectivity index (χ2v) is 4.70. The van der Waals surface area contributed by atoms with Gasteiger partial charge in [0.05, 0.1) is 6.26 Å². The largest absolute Gasteiger partial charge is 0.467 e. The summed E-state index contributed by atoms with van der Waals surface area (Å²) in [5.41, 5.74) is 0. The monoisotopic (exact) mass is 239 g/mol. The highest BCUT2D eigenvalue weighted by molar-refractivity contribution is 4.95. The van der Waals surface area contributed by atoms with Crippen molar-refractivity contribution < 1.29 is 9.15 Å². The van der Waals surface area contributed by atoms with Crippen LogP contribution in [0.3, 0.4) is 0 Å². The summed E-state index contributed by atoms with van der Waals surface area (Å²) in [5, 5.41) is 3.56. The van der Waals surface area contributed by atoms with Crippen molar-refractivity contribution in [3.63, 3.8) is 0 Å². The maximum absolute atomic E-state index is 5.52. The molecule has 3 heteroatoms. The van der Waals surface area contributed by atoms with Crippen molar-refractivity contribution in [1.29, 1.82) is 0 Å². The molecule has 0 aliphatic heterocycles. The first-order chi connectivity index (χ1) is 8.24. The second kappa shape index (κ2) is 8.31. The van der Waals surface area contributed by atoms with Gasteiger partial charge in [0, 0.05) is 12.6 Å². The average Bonchev–Trinajstić information content (AvgIpc) is 2.80. The minimum absolute atomic E-state index is 0.578. The van der Waals surface area contributed by atoms with Crippen LogP contribution in [0.15, 0.2) is 22.8 Å². The zero-order chi connectivity index (χ0) is 12.5. The molecule has 0 saturated heterocycles. The van der Waals surface area contributed by atoms with Crippen LogP contribution in [0.5, 0.6) is 0 Å². The molecule has 1 atom stereocenters. The van der Waals surface area contributed by atoms with Gasteiger partial charge in [-0.3, -0.25) is 0 Å². The van der Waals surface area contributed by atoms with Crippen molar-refractivity contribution in [3.8, 4) is 0 Å². The maximum Gasteiger partial charge on any atom is 0.129 e. The molecule has 17 heavy (non-hydrogen) atoms. The molecule has 0 spiro atoms. The summed E-state index contributed by atoms with van der Waals surface area (Å²) in [4.78, 5) is 0. The van der Waals surface area contributed by atoms with Crippen molar-refractivity contribution in [3.05, 3.63) is 24.2 Å². The van der Waals surface area contributed by atoms with E-state index in [-0.39, 0.29) is 0 Å². The third-order valence-electron chi connectivity index (χ3n) is 2.94. The van der Waals surface area contributed by atoms with E-state index < -0.39 is 0 Å². The Morgan fingerprint density at radius 3 is 2.82 bits per heavy atom. The van der Waals surface area contributed by atoms with E-state index in [1.54, 1.807) is 6.26 Å². The van der Waals surface area contributed by atoms with Gasteiger partial charge in [0.1, 0.15) is 12.4 Å². The second-order valence-electron chi connectivity index (χ2n) is 4.70. The van der Waals surface area contributed by atoms with Gasteiger partial charge in [-0.25, -0.2) is 0 Å². The first-order valence-corrected chi connectivity index (χ1v) is 6.57. The van der Waals surface area contributed by atoms with Gasteiger partial charge >= 0.3 is 0 Å². The molecule has 1 heterocycles. The topological polar surface area (TPSA) is 34.4 Å². The van der Waals surface area contributed by atoms with Gasteiger partial charge in [-0.15, -0.1) is 0 Å². The predicted molar refractivity (Wildman–Crippen MR) is 69.9 cm³/mol. The molecule has 0 saturated carbocycles. The Labute approximate surface area is 105 Å². The molecule has 1 unspecified atom stereocenters. The van der Waals surface area contributed by atoms with Gasteiger partial charge in [0.25, 0.3) is 0 Å². The van der Waals surface area contributed by atoms with Crippen molar-refractivity contribution in [2.75, 3.05) is 13.2 Å². The Bertz CT molecular complexity index is 270. The molecular weight excluding hydrogens is 214 g/mol. The molecule has 1 aromatic heterocycles. The fraction of sp³-hybridized carbons (Fsp3) is 0.714. The van der Waals surface area contributed by atoms with Gasteiger partial charge in [-0.2, -0.15) is 0 Å². The Morgan fingerprint density at radius 1 is 1.41 bits per heavy atom. The summed E-state index contributed by atoms with van der Waals surface area (Å²) in [6.45, 7) is 9.12. The third-order valence-corrected chi connectivity index (χ3v) is 2.94. The minimum atomic E-state index is 0.578. The van der Waals surface area contributed by atoms with E-state index in [2.05, 4.69) is 26.1 Å². The molecule has 98 valence electrons. The number of furan rings is 1. The minimum Gasteiger partial charge on any atom is -0.467 e. The Morgan fingerprint density at radius 2 is 2.24 bits per heavy atom. The maximum atomic E-state index is 5.52. The Hall–Kier alpha value is -0.800. The highest BCUT2D eigenvalue weighted by Gasteiger charge is 2.08. The predicted octanol–water partition coefficient (Wildman–Crippen LogP) is 3.21. The van der Waals surface area contributed by atoms with Gasteiger partial charge < -0.3 is 14.5 Å². The molecule has 0 fully saturated rings. The smallest absolute Gasteiger partial charge is 0.129 e. The normalized spacial score (nSPS) is 13.2. The molecule has 0 amide bonds. The fourth-order valence-corrected chi connectivity index (χ4v) is 1.88. The summed E-state index contributed by atoms with van der Waals surface area (Å²) in [5.74, 6) is 1.59. The number of hydrogen-bond acceptors (Lipinski definition) is 3. The Kier molecular flexibility index (Phi) is 6.97. The summed E-state index contributed by atoms with van der Waals surface area (Å²) in [6.07, 6.45) is 3.91. The average molecular weight is 239 g/mol. The lowest BCUT2D eigenvalue weighted by molar-refractivity contribution is 0.103. The van der Waals surface area contributed by atoms with Crippen LogP contribution in [-0.4, -0.2) is 19.2 Å². The number of rotatable bonds is 9. The van der Waals surface area contributed by atoms with Crippen LogP contribution in [0.25, 0.3) is 0 Å². The van der Waals surface area contributed by atoms with Gasteiger partial charge in [0.15, 0.2) is 0 Å². The van der Waals surface area contributed by atoms with E-state index in [0.717, 1.165) is 25.3 Å². The van der Waals surface area contributed by atoms with Crippen LogP contribution < -0.4 is 5.32 Å². The first kappa shape index (κ1) is 14.3. The van der Waals surface area contributed by atoms with Crippen LogP contribution >= 0.6 is 0 Å². The molecule has 1 N–H and O–H groups in total. The summed E-state index contributed by atoms with van der Waals surface area (Å²) < 4.78 is 10.7. The van der Waals surface area contributed by atoms with Crippen LogP contribution in [0.1, 0.15) is 39.4 Å². The van der Waals surface area contributed by atoms with Crippen LogP contribution in [0.4, 0.5) is 0 Å². The molecule has 0 aliphatic rings. The van der Waals surface area contributed by atoms with E-state index in [1.807, 2.05) is 12.1 Å². The third kappa shape index (κ3) is 5.89. The van der Waals surface area contributed by atoms with Crippen molar-refractivity contribution in [2.24, 2.45) is 5.92 Å². The van der Waals surface area contributed by atoms with Crippen LogP contribution in [0.2, 0.25) is 0 Å². The van der Waals surface area contributed by atoms with Gasteiger partial charge in [-0.05, 0) is 37.4 Å². The van der Waals surface area contributed by atoms with Crippen LogP contribution in [0, 0.1) is 5.92 Å². The lowest BCUT2D eigenvalue weighted by Gasteiger charge is -2.20. The number of hydrogen-bond donors (Lipinski definition) is 1. The van der Waals surface area contributed by atoms with Crippen molar-refractivity contribution in [2.45, 2.75) is 46.3 Å². The fourth-order valence-electron chi connectivity index (χ4n) is 1.88. The summed E-state index contributed by atoms with van der Waals surface area (Å²) in [6, 6.07) is 4.44. The standard InChI is InChI=1S/C14H25NO2/c1-4-14(12(2)3)15-8-6-9-16-11-13-7-5-10-17-13/h5,7,10,12,14-15H,4,6,8-9,11H2,1-3H3. The molecule has 0 radical (unpaired) electrons. The summed E-state index contributed by atoms with van der Waals surface area (Å²) >= 11 is 0. The van der Waals surface area contributed by atoms with E-state index in [9.17, 15) is 0 Å². The molecule has 3 nitrogen and oxygen atoms in total. The van der Waals surface area contributed by atoms with E-state index in [4.69, 9.17) is 9.15 Å². The Balaban J connectivity index is 1.97. The van der Waals surface area contributed by atoms with E-state index in [1.165, 1.54) is 6.42 Å². The van der Waals surface area contributed by atoms with E-state index >= 15 is 0 Å².